The second-order valence-corrected chi connectivity index (χ2v) is 10.7. The SMILES string of the molecule is CN1CC[C@@H](Nc2cccn3c(SC(F)(F)F)c(-c4noc(CNC(=O)c5sccc5F)n4)cc23)[C@@H](F)C1. The number of amides is 1. The molecule has 0 aliphatic carbocycles. The van der Waals surface area contributed by atoms with Crippen LogP contribution in [0.4, 0.5) is 27.6 Å². The fourth-order valence-electron chi connectivity index (χ4n) is 4.22. The number of likely N-dealkylation sites (tertiary alicyclic amines) is 1. The smallest absolute Gasteiger partial charge is 0.378 e. The van der Waals surface area contributed by atoms with E-state index in [-0.39, 0.29) is 52.0 Å². The number of aromatic nitrogens is 3. The second kappa shape index (κ2) is 10.5. The first-order chi connectivity index (χ1) is 18.1. The lowest BCUT2D eigenvalue weighted by Crippen LogP contribution is -2.46. The number of alkyl halides is 4. The van der Waals surface area contributed by atoms with E-state index in [0.29, 0.717) is 24.2 Å². The summed E-state index contributed by atoms with van der Waals surface area (Å²) in [4.78, 5) is 18.1. The monoisotopic (exact) mass is 572 g/mol. The molecule has 1 amide bonds. The lowest BCUT2D eigenvalue weighted by molar-refractivity contribution is -0.0329. The Labute approximate surface area is 221 Å². The Bertz CT molecular complexity index is 1450. The largest absolute Gasteiger partial charge is 0.447 e. The number of pyridine rings is 1. The predicted octanol–water partition coefficient (Wildman–Crippen LogP) is 5.19. The van der Waals surface area contributed by atoms with Crippen LogP contribution >= 0.6 is 23.1 Å². The van der Waals surface area contributed by atoms with Crippen LogP contribution in [0.15, 0.2) is 45.4 Å². The van der Waals surface area contributed by atoms with Crippen LogP contribution in [0, 0.1) is 5.82 Å². The van der Waals surface area contributed by atoms with Crippen molar-refractivity contribution in [2.75, 3.05) is 25.5 Å². The summed E-state index contributed by atoms with van der Waals surface area (Å²) in [5.41, 5.74) is -3.72. The van der Waals surface area contributed by atoms with Crippen molar-refractivity contribution >= 4 is 40.2 Å². The third-order valence-corrected chi connectivity index (χ3v) is 7.72. The standard InChI is InChI=1S/C23H21F5N6O2S2/c1-33-7-4-15(14(25)11-33)30-16-3-2-6-34-17(16)9-12(22(34)38-23(26,27)28)20-31-18(36-32-20)10-29-21(35)19-13(24)5-8-37-19/h2-3,5-6,8-9,14-15,30H,4,7,10-11H2,1H3,(H,29,35)/t14-,15+/m0/s1. The Balaban J connectivity index is 1.44. The van der Waals surface area contributed by atoms with E-state index in [2.05, 4.69) is 20.8 Å². The van der Waals surface area contributed by atoms with Crippen LogP contribution in [-0.2, 0) is 6.54 Å². The highest BCUT2D eigenvalue weighted by atomic mass is 32.2. The van der Waals surface area contributed by atoms with Gasteiger partial charge in [0.25, 0.3) is 5.91 Å². The molecule has 1 saturated heterocycles. The summed E-state index contributed by atoms with van der Waals surface area (Å²) in [5.74, 6) is -1.55. The van der Waals surface area contributed by atoms with Gasteiger partial charge in [0.15, 0.2) is 0 Å². The molecule has 38 heavy (non-hydrogen) atoms. The van der Waals surface area contributed by atoms with E-state index in [1.807, 2.05) is 11.9 Å². The molecule has 1 fully saturated rings. The summed E-state index contributed by atoms with van der Waals surface area (Å²) in [7, 11) is 1.83. The molecule has 0 unspecified atom stereocenters. The molecule has 5 rings (SSSR count). The molecule has 1 aliphatic heterocycles. The van der Waals surface area contributed by atoms with Gasteiger partial charge in [0, 0.05) is 31.0 Å². The summed E-state index contributed by atoms with van der Waals surface area (Å²) in [6.07, 6.45) is 0.854. The zero-order chi connectivity index (χ0) is 27.0. The molecular formula is C23H21F5N6O2S2. The van der Waals surface area contributed by atoms with Crippen molar-refractivity contribution in [3.63, 3.8) is 0 Å². The van der Waals surface area contributed by atoms with Crippen molar-refractivity contribution in [3.05, 3.63) is 52.4 Å². The molecule has 0 bridgehead atoms. The quantitative estimate of drug-likeness (QED) is 0.233. The van der Waals surface area contributed by atoms with Crippen molar-refractivity contribution in [2.24, 2.45) is 0 Å². The van der Waals surface area contributed by atoms with Crippen LogP contribution in [0.2, 0.25) is 0 Å². The highest BCUT2D eigenvalue weighted by Gasteiger charge is 2.34. The number of fused-ring (bicyclic) bond motifs is 1. The van der Waals surface area contributed by atoms with Gasteiger partial charge in [-0.2, -0.15) is 18.2 Å². The average Bonchev–Trinajstić information content (AvgIpc) is 3.58. The van der Waals surface area contributed by atoms with E-state index >= 15 is 0 Å². The molecule has 15 heteroatoms. The van der Waals surface area contributed by atoms with Gasteiger partial charge in [0.1, 0.15) is 16.9 Å². The Hall–Kier alpha value is -3.17. The summed E-state index contributed by atoms with van der Waals surface area (Å²) in [6.45, 7) is 0.687. The molecule has 202 valence electrons. The molecule has 5 heterocycles. The zero-order valence-electron chi connectivity index (χ0n) is 19.8. The van der Waals surface area contributed by atoms with Crippen molar-refractivity contribution < 1.29 is 31.3 Å². The number of hydrogen-bond acceptors (Lipinski definition) is 8. The van der Waals surface area contributed by atoms with E-state index in [1.54, 1.807) is 12.1 Å². The summed E-state index contributed by atoms with van der Waals surface area (Å²) >= 11 is 0.585. The van der Waals surface area contributed by atoms with Gasteiger partial charge in [-0.1, -0.05) is 5.16 Å². The molecule has 2 N–H and O–H groups in total. The maximum atomic E-state index is 14.7. The molecule has 0 saturated carbocycles. The van der Waals surface area contributed by atoms with Gasteiger partial charge in [0.05, 0.1) is 34.4 Å². The molecule has 8 nitrogen and oxygen atoms in total. The molecular weight excluding hydrogens is 551 g/mol. The van der Waals surface area contributed by atoms with Crippen molar-refractivity contribution in [2.45, 2.75) is 35.7 Å². The summed E-state index contributed by atoms with van der Waals surface area (Å²) in [5, 5.41) is 10.6. The topological polar surface area (TPSA) is 87.7 Å². The van der Waals surface area contributed by atoms with Gasteiger partial charge >= 0.3 is 5.51 Å². The van der Waals surface area contributed by atoms with E-state index in [4.69, 9.17) is 4.52 Å². The number of carbonyl (C=O) groups excluding carboxylic acids is 1. The number of nitrogens with one attached hydrogen (secondary N) is 2. The molecule has 0 radical (unpaired) electrons. The number of anilines is 1. The average molecular weight is 573 g/mol. The van der Waals surface area contributed by atoms with Crippen LogP contribution in [0.1, 0.15) is 22.0 Å². The molecule has 4 aromatic heterocycles. The van der Waals surface area contributed by atoms with Crippen LogP contribution in [0.25, 0.3) is 16.9 Å². The number of rotatable bonds is 7. The summed E-state index contributed by atoms with van der Waals surface area (Å²) < 4.78 is 75.3. The minimum atomic E-state index is -4.62. The molecule has 2 atom stereocenters. The van der Waals surface area contributed by atoms with E-state index < -0.39 is 29.4 Å². The van der Waals surface area contributed by atoms with Gasteiger partial charge in [-0.3, -0.25) is 4.79 Å². The Morgan fingerprint density at radius 2 is 2.16 bits per heavy atom. The molecule has 1 aliphatic rings. The normalized spacial score (nSPS) is 18.7. The number of thiophene rings is 1. The number of halogens is 5. The van der Waals surface area contributed by atoms with Gasteiger partial charge in [-0.25, -0.2) is 8.78 Å². The Morgan fingerprint density at radius 1 is 1.34 bits per heavy atom. The summed E-state index contributed by atoms with van der Waals surface area (Å²) in [6, 6.07) is 5.39. The van der Waals surface area contributed by atoms with Crippen LogP contribution in [-0.4, -0.2) is 63.2 Å². The van der Waals surface area contributed by atoms with Gasteiger partial charge in [-0.05, 0) is 43.1 Å². The molecule has 4 aromatic rings. The van der Waals surface area contributed by atoms with Crippen LogP contribution in [0.3, 0.4) is 0 Å². The number of carbonyl (C=O) groups is 1. The van der Waals surface area contributed by atoms with E-state index in [1.165, 1.54) is 22.0 Å². The van der Waals surface area contributed by atoms with Crippen LogP contribution in [0.5, 0.6) is 0 Å². The highest BCUT2D eigenvalue weighted by molar-refractivity contribution is 8.00. The maximum absolute atomic E-state index is 14.7. The van der Waals surface area contributed by atoms with E-state index in [0.717, 1.165) is 17.4 Å². The number of piperidine rings is 1. The van der Waals surface area contributed by atoms with Gasteiger partial charge in [-0.15, -0.1) is 11.3 Å². The fraction of sp³-hybridized carbons (Fsp3) is 0.348. The first-order valence-electron chi connectivity index (χ1n) is 11.4. The second-order valence-electron chi connectivity index (χ2n) is 8.70. The van der Waals surface area contributed by atoms with Gasteiger partial charge in [0.2, 0.25) is 11.7 Å². The van der Waals surface area contributed by atoms with Crippen molar-refractivity contribution in [3.8, 4) is 11.4 Å². The van der Waals surface area contributed by atoms with Crippen molar-refractivity contribution in [1.29, 1.82) is 0 Å². The fourth-order valence-corrected chi connectivity index (χ4v) is 5.64. The zero-order valence-corrected chi connectivity index (χ0v) is 21.4. The highest BCUT2D eigenvalue weighted by Crippen LogP contribution is 2.43. The Kier molecular flexibility index (Phi) is 7.33. The predicted molar refractivity (Wildman–Crippen MR) is 132 cm³/mol. The lowest BCUT2D eigenvalue weighted by Gasteiger charge is -2.33. The third-order valence-electron chi connectivity index (χ3n) is 5.99. The minimum Gasteiger partial charge on any atom is -0.378 e. The molecule has 0 spiro atoms. The maximum Gasteiger partial charge on any atom is 0.447 e. The molecule has 0 aromatic carbocycles. The number of thioether (sulfide) groups is 1. The Morgan fingerprint density at radius 3 is 2.87 bits per heavy atom. The lowest BCUT2D eigenvalue weighted by atomic mass is 10.0. The first kappa shape index (κ1) is 26.4. The van der Waals surface area contributed by atoms with E-state index in [9.17, 15) is 26.7 Å². The first-order valence-corrected chi connectivity index (χ1v) is 13.1. The van der Waals surface area contributed by atoms with Crippen LogP contribution < -0.4 is 10.6 Å². The van der Waals surface area contributed by atoms with Crippen molar-refractivity contribution in [1.82, 2.24) is 24.8 Å². The number of hydrogen-bond donors (Lipinski definition) is 2. The number of nitrogens with zero attached hydrogens (tertiary/aromatic N) is 4. The van der Waals surface area contributed by atoms with Gasteiger partial charge < -0.3 is 24.5 Å². The third kappa shape index (κ3) is 5.63. The minimum absolute atomic E-state index is 0.0485.